The lowest BCUT2D eigenvalue weighted by atomic mass is 10.2. The first-order chi connectivity index (χ1) is 13.3. The summed E-state index contributed by atoms with van der Waals surface area (Å²) in [6, 6.07) is 9.88. The van der Waals surface area contributed by atoms with Crippen molar-refractivity contribution in [2.24, 2.45) is 0 Å². The van der Waals surface area contributed by atoms with Crippen LogP contribution in [0.25, 0.3) is 0 Å². The third-order valence-electron chi connectivity index (χ3n) is 4.05. The van der Waals surface area contributed by atoms with E-state index in [4.69, 9.17) is 21.4 Å². The van der Waals surface area contributed by atoms with Crippen molar-refractivity contribution in [1.29, 1.82) is 0 Å². The Bertz CT molecular complexity index is 1020. The maximum Gasteiger partial charge on any atom is 0.511 e. The number of hydrogen-bond donors (Lipinski definition) is 1. The zero-order valence-corrected chi connectivity index (χ0v) is 15.5. The van der Waals surface area contributed by atoms with Gasteiger partial charge in [-0.05, 0) is 37.3 Å². The highest BCUT2D eigenvalue weighted by Crippen LogP contribution is 2.27. The van der Waals surface area contributed by atoms with E-state index in [1.165, 1.54) is 6.07 Å². The van der Waals surface area contributed by atoms with Crippen LogP contribution in [0, 0.1) is 18.6 Å². The molecule has 3 rings (SSSR count). The van der Waals surface area contributed by atoms with Crippen molar-refractivity contribution in [2.45, 2.75) is 20.1 Å². The molecule has 8 heteroatoms. The molecule has 0 atom stereocenters. The number of carbonyl (C=O) groups is 1. The number of nitrogens with zero attached hydrogens (tertiary/aromatic N) is 1. The van der Waals surface area contributed by atoms with Crippen LogP contribution in [-0.2, 0) is 13.2 Å². The van der Waals surface area contributed by atoms with Gasteiger partial charge in [0.1, 0.15) is 24.0 Å². The Balaban J connectivity index is 1.81. The molecule has 0 saturated carbocycles. The largest absolute Gasteiger partial charge is 0.511 e. The third-order valence-corrected chi connectivity index (χ3v) is 4.29. The van der Waals surface area contributed by atoms with Crippen LogP contribution < -0.4 is 9.47 Å². The number of carboxylic acid groups (broad SMARTS) is 1. The van der Waals surface area contributed by atoms with Crippen molar-refractivity contribution in [3.8, 4) is 11.5 Å². The second-order valence-electron chi connectivity index (χ2n) is 6.09. The number of ether oxygens (including phenoxy) is 2. The van der Waals surface area contributed by atoms with Gasteiger partial charge in [0, 0.05) is 40.2 Å². The first-order valence-electron chi connectivity index (χ1n) is 8.24. The van der Waals surface area contributed by atoms with E-state index in [0.29, 0.717) is 22.9 Å². The molecule has 0 unspecified atom stereocenters. The molecule has 0 bridgehead atoms. The Labute approximate surface area is 164 Å². The zero-order valence-electron chi connectivity index (χ0n) is 14.8. The fourth-order valence-electron chi connectivity index (χ4n) is 2.70. The quantitative estimate of drug-likeness (QED) is 0.555. The number of halogens is 3. The number of rotatable bonds is 6. The van der Waals surface area contributed by atoms with Gasteiger partial charge in [0.25, 0.3) is 0 Å². The van der Waals surface area contributed by atoms with Crippen LogP contribution in [-0.4, -0.2) is 15.8 Å². The van der Waals surface area contributed by atoms with Crippen LogP contribution in [0.4, 0.5) is 13.6 Å². The van der Waals surface area contributed by atoms with Crippen LogP contribution in [0.15, 0.2) is 48.7 Å². The minimum atomic E-state index is -1.40. The summed E-state index contributed by atoms with van der Waals surface area (Å²) in [5.74, 6) is -0.673. The van der Waals surface area contributed by atoms with Gasteiger partial charge in [0.05, 0.1) is 6.54 Å². The standard InChI is InChI=1S/C20H16ClF2NO4/c1-12-6-17(28-20(25)26)10-24(12)9-14-7-15(21)3-5-19(14)27-11-13-2-4-16(22)8-18(13)23/h2-8,10H,9,11H2,1H3,(H,25,26). The Morgan fingerprint density at radius 1 is 1.14 bits per heavy atom. The van der Waals surface area contributed by atoms with Crippen LogP contribution in [0.1, 0.15) is 16.8 Å². The summed E-state index contributed by atoms with van der Waals surface area (Å²) in [7, 11) is 0. The van der Waals surface area contributed by atoms with Crippen molar-refractivity contribution in [3.05, 3.63) is 82.1 Å². The molecule has 1 N–H and O–H groups in total. The lowest BCUT2D eigenvalue weighted by molar-refractivity contribution is 0.144. The molecule has 5 nitrogen and oxygen atoms in total. The predicted molar refractivity (Wildman–Crippen MR) is 99.1 cm³/mol. The van der Waals surface area contributed by atoms with Gasteiger partial charge in [0.2, 0.25) is 0 Å². The molecular formula is C20H16ClF2NO4. The van der Waals surface area contributed by atoms with Crippen LogP contribution in [0.3, 0.4) is 0 Å². The molecule has 0 aliphatic rings. The van der Waals surface area contributed by atoms with Crippen LogP contribution in [0.5, 0.6) is 11.5 Å². The van der Waals surface area contributed by atoms with Gasteiger partial charge in [-0.1, -0.05) is 11.6 Å². The van der Waals surface area contributed by atoms with E-state index in [1.807, 2.05) is 0 Å². The van der Waals surface area contributed by atoms with Crippen molar-refractivity contribution < 1.29 is 28.2 Å². The van der Waals surface area contributed by atoms with Crippen LogP contribution >= 0.6 is 11.6 Å². The van der Waals surface area contributed by atoms with E-state index >= 15 is 0 Å². The maximum atomic E-state index is 13.8. The number of aromatic nitrogens is 1. The van der Waals surface area contributed by atoms with Crippen molar-refractivity contribution in [3.63, 3.8) is 0 Å². The summed E-state index contributed by atoms with van der Waals surface area (Å²) >= 11 is 6.09. The SMILES string of the molecule is Cc1cc(OC(=O)O)cn1Cc1cc(Cl)ccc1OCc1ccc(F)cc1F. The highest BCUT2D eigenvalue weighted by atomic mass is 35.5. The lowest BCUT2D eigenvalue weighted by Crippen LogP contribution is -2.05. The fraction of sp³-hybridized carbons (Fsp3) is 0.150. The first-order valence-corrected chi connectivity index (χ1v) is 8.62. The lowest BCUT2D eigenvalue weighted by Gasteiger charge is -2.14. The minimum Gasteiger partial charge on any atom is -0.488 e. The first kappa shape index (κ1) is 19.7. The Morgan fingerprint density at radius 2 is 1.93 bits per heavy atom. The second-order valence-corrected chi connectivity index (χ2v) is 6.53. The molecule has 2 aromatic carbocycles. The highest BCUT2D eigenvalue weighted by molar-refractivity contribution is 6.30. The van der Waals surface area contributed by atoms with Crippen molar-refractivity contribution in [1.82, 2.24) is 4.57 Å². The topological polar surface area (TPSA) is 60.7 Å². The molecule has 0 aliphatic carbocycles. The average molecular weight is 408 g/mol. The second kappa shape index (κ2) is 8.31. The summed E-state index contributed by atoms with van der Waals surface area (Å²) in [6.45, 7) is 2.04. The van der Waals surface area contributed by atoms with E-state index in [-0.39, 0.29) is 17.9 Å². The molecule has 1 heterocycles. The third kappa shape index (κ3) is 4.80. The Morgan fingerprint density at radius 3 is 2.64 bits per heavy atom. The highest BCUT2D eigenvalue weighted by Gasteiger charge is 2.12. The van der Waals surface area contributed by atoms with Gasteiger partial charge >= 0.3 is 6.16 Å². The molecule has 1 aromatic heterocycles. The van der Waals surface area contributed by atoms with Gasteiger partial charge in [-0.15, -0.1) is 0 Å². The zero-order chi connectivity index (χ0) is 20.3. The van der Waals surface area contributed by atoms with E-state index in [0.717, 1.165) is 17.8 Å². The summed E-state index contributed by atoms with van der Waals surface area (Å²) in [5, 5.41) is 9.22. The fourth-order valence-corrected chi connectivity index (χ4v) is 2.89. The number of benzene rings is 2. The van der Waals surface area contributed by atoms with Gasteiger partial charge < -0.3 is 19.1 Å². The number of hydrogen-bond acceptors (Lipinski definition) is 3. The van der Waals surface area contributed by atoms with Gasteiger partial charge in [-0.25, -0.2) is 13.6 Å². The molecule has 28 heavy (non-hydrogen) atoms. The van der Waals surface area contributed by atoms with Gasteiger partial charge in [-0.2, -0.15) is 0 Å². The summed E-state index contributed by atoms with van der Waals surface area (Å²) in [4.78, 5) is 10.7. The molecule has 0 saturated heterocycles. The Kier molecular flexibility index (Phi) is 5.84. The van der Waals surface area contributed by atoms with Gasteiger partial charge in [-0.3, -0.25) is 0 Å². The summed E-state index contributed by atoms with van der Waals surface area (Å²) in [6.07, 6.45) is 0.151. The molecule has 0 radical (unpaired) electrons. The minimum absolute atomic E-state index is 0.0845. The van der Waals surface area contributed by atoms with Crippen molar-refractivity contribution >= 4 is 17.8 Å². The molecule has 0 fully saturated rings. The van der Waals surface area contributed by atoms with E-state index in [1.54, 1.807) is 42.0 Å². The molecule has 146 valence electrons. The monoisotopic (exact) mass is 407 g/mol. The smallest absolute Gasteiger partial charge is 0.488 e. The van der Waals surface area contributed by atoms with E-state index in [2.05, 4.69) is 4.74 Å². The summed E-state index contributed by atoms with van der Waals surface area (Å²) in [5.41, 5.74) is 1.69. The van der Waals surface area contributed by atoms with Crippen LogP contribution in [0.2, 0.25) is 5.02 Å². The van der Waals surface area contributed by atoms with Gasteiger partial charge in [0.15, 0.2) is 5.75 Å². The molecular weight excluding hydrogens is 392 g/mol. The van der Waals surface area contributed by atoms with E-state index in [9.17, 15) is 13.6 Å². The summed E-state index contributed by atoms with van der Waals surface area (Å²) < 4.78 is 39.0. The molecule has 0 amide bonds. The average Bonchev–Trinajstić information content (AvgIpc) is 2.94. The van der Waals surface area contributed by atoms with E-state index < -0.39 is 17.8 Å². The molecule has 3 aromatic rings. The van der Waals surface area contributed by atoms with Crippen molar-refractivity contribution in [2.75, 3.05) is 0 Å². The molecule has 0 aliphatic heterocycles. The molecule has 0 spiro atoms. The Hall–Kier alpha value is -3.06. The number of aryl methyl sites for hydroxylation is 1. The normalized spacial score (nSPS) is 10.7. The predicted octanol–water partition coefficient (Wildman–Crippen LogP) is 5.41. The maximum absolute atomic E-state index is 13.8.